The normalized spacial score (nSPS) is 14.6. The van der Waals surface area contributed by atoms with Gasteiger partial charge in [-0.05, 0) is 93.8 Å². The van der Waals surface area contributed by atoms with Crippen LogP contribution in [0.15, 0.2) is 57.5 Å². The average Bonchev–Trinajstić information content (AvgIpc) is 3.62. The van der Waals surface area contributed by atoms with Crippen LogP contribution in [0.4, 0.5) is 0 Å². The number of ether oxygens (including phenoxy) is 3. The molecular formula is C36H34N4O5S2. The van der Waals surface area contributed by atoms with Gasteiger partial charge in [0.1, 0.15) is 28.6 Å². The van der Waals surface area contributed by atoms with E-state index in [9.17, 15) is 14.9 Å². The Morgan fingerprint density at radius 2 is 1.81 bits per heavy atom. The molecule has 0 spiro atoms. The smallest absolute Gasteiger partial charge is 0.338 e. The summed E-state index contributed by atoms with van der Waals surface area (Å²) in [5, 5.41) is 12.5. The van der Waals surface area contributed by atoms with Crippen LogP contribution in [0.25, 0.3) is 21.8 Å². The minimum absolute atomic E-state index is 0.166. The standard InChI is InChI=1S/C36H34N4O5S2/c1-9-45-35(42)30-20(4)38-36-40(32(30)31-26-16-25(43-7)12-10-23(26)11-13-28(31)44-8)33(41)29(47-36)15-24-14-18(2)39(21(24)5)34-27(17-37)19(3)22(6)46-34/h10-16,32H,9H2,1-8H3. The average molecular weight is 667 g/mol. The van der Waals surface area contributed by atoms with Gasteiger partial charge in [0, 0.05) is 21.8 Å². The fraction of sp³-hybridized carbons (Fsp3) is 0.278. The van der Waals surface area contributed by atoms with Gasteiger partial charge in [-0.15, -0.1) is 11.3 Å². The van der Waals surface area contributed by atoms with Crippen molar-refractivity contribution < 1.29 is 19.0 Å². The maximum Gasteiger partial charge on any atom is 0.338 e. The molecule has 0 radical (unpaired) electrons. The Morgan fingerprint density at radius 1 is 1.06 bits per heavy atom. The topological polar surface area (TPSA) is 108 Å². The second-order valence-corrected chi connectivity index (χ2v) is 13.5. The molecule has 3 aromatic heterocycles. The molecular weight excluding hydrogens is 633 g/mol. The van der Waals surface area contributed by atoms with Crippen molar-refractivity contribution in [3.8, 4) is 22.6 Å². The number of benzene rings is 2. The van der Waals surface area contributed by atoms with Crippen molar-refractivity contribution in [2.45, 2.75) is 47.6 Å². The Hall–Kier alpha value is -4.92. The summed E-state index contributed by atoms with van der Waals surface area (Å²) in [6.45, 7) is 11.6. The number of methoxy groups -OCH3 is 2. The van der Waals surface area contributed by atoms with E-state index in [-0.39, 0.29) is 17.7 Å². The number of carbonyl (C=O) groups excluding carboxylic acids is 1. The van der Waals surface area contributed by atoms with Gasteiger partial charge in [0.2, 0.25) is 0 Å². The summed E-state index contributed by atoms with van der Waals surface area (Å²) in [5.41, 5.74) is 5.43. The van der Waals surface area contributed by atoms with Crippen LogP contribution in [0.1, 0.15) is 58.4 Å². The predicted octanol–water partition coefficient (Wildman–Crippen LogP) is 5.93. The van der Waals surface area contributed by atoms with Gasteiger partial charge in [-0.25, -0.2) is 9.79 Å². The molecule has 0 aliphatic carbocycles. The molecule has 0 bridgehead atoms. The molecule has 0 fully saturated rings. The number of nitrogens with zero attached hydrogens (tertiary/aromatic N) is 4. The lowest BCUT2D eigenvalue weighted by molar-refractivity contribution is -0.139. The van der Waals surface area contributed by atoms with Gasteiger partial charge >= 0.3 is 5.97 Å². The van der Waals surface area contributed by atoms with E-state index in [1.807, 2.05) is 70.2 Å². The molecule has 1 unspecified atom stereocenters. The first kappa shape index (κ1) is 32.0. The van der Waals surface area contributed by atoms with Crippen LogP contribution in [0.2, 0.25) is 0 Å². The van der Waals surface area contributed by atoms with E-state index in [1.165, 1.54) is 11.3 Å². The minimum Gasteiger partial charge on any atom is -0.497 e. The van der Waals surface area contributed by atoms with Gasteiger partial charge in [0.25, 0.3) is 5.56 Å². The third-order valence-electron chi connectivity index (χ3n) is 8.68. The van der Waals surface area contributed by atoms with E-state index < -0.39 is 12.0 Å². The predicted molar refractivity (Wildman–Crippen MR) is 185 cm³/mol. The van der Waals surface area contributed by atoms with Crippen molar-refractivity contribution >= 4 is 45.5 Å². The Balaban J connectivity index is 1.63. The Bertz CT molecular complexity index is 2360. The maximum absolute atomic E-state index is 14.5. The van der Waals surface area contributed by atoms with E-state index in [2.05, 4.69) is 10.6 Å². The molecule has 0 saturated heterocycles. The number of hydrogen-bond acceptors (Lipinski definition) is 9. The molecule has 1 aliphatic heterocycles. The summed E-state index contributed by atoms with van der Waals surface area (Å²) in [5.74, 6) is 0.595. The monoisotopic (exact) mass is 666 g/mol. The zero-order chi connectivity index (χ0) is 33.7. The van der Waals surface area contributed by atoms with Crippen molar-refractivity contribution in [1.82, 2.24) is 9.13 Å². The number of rotatable bonds is 7. The number of aryl methyl sites for hydroxylation is 2. The number of nitriles is 1. The number of carbonyl (C=O) groups is 1. The van der Waals surface area contributed by atoms with Gasteiger partial charge in [-0.2, -0.15) is 5.26 Å². The van der Waals surface area contributed by atoms with Crippen LogP contribution in [0.3, 0.4) is 0 Å². The first-order chi connectivity index (χ1) is 22.5. The number of esters is 1. The largest absolute Gasteiger partial charge is 0.497 e. The van der Waals surface area contributed by atoms with Crippen molar-refractivity contribution in [1.29, 1.82) is 5.26 Å². The highest BCUT2D eigenvalue weighted by Crippen LogP contribution is 2.41. The van der Waals surface area contributed by atoms with Gasteiger partial charge in [-0.3, -0.25) is 9.36 Å². The molecule has 9 nitrogen and oxygen atoms in total. The first-order valence-corrected chi connectivity index (χ1v) is 16.7. The van der Waals surface area contributed by atoms with E-state index in [4.69, 9.17) is 19.2 Å². The maximum atomic E-state index is 14.5. The molecule has 1 aliphatic rings. The molecule has 0 amide bonds. The number of hydrogen-bond donors (Lipinski definition) is 0. The summed E-state index contributed by atoms with van der Waals surface area (Å²) in [4.78, 5) is 34.4. The van der Waals surface area contributed by atoms with Crippen molar-refractivity contribution in [2.75, 3.05) is 20.8 Å². The third-order valence-corrected chi connectivity index (χ3v) is 10.9. The summed E-state index contributed by atoms with van der Waals surface area (Å²) in [7, 11) is 3.16. The molecule has 240 valence electrons. The fourth-order valence-corrected chi connectivity index (χ4v) is 8.49. The molecule has 0 N–H and O–H groups in total. The van der Waals surface area contributed by atoms with Crippen LogP contribution in [0, 0.1) is 39.0 Å². The number of thiazole rings is 1. The molecule has 2 aromatic carbocycles. The molecule has 11 heteroatoms. The van der Waals surface area contributed by atoms with Crippen molar-refractivity contribution in [3.05, 3.63) is 106 Å². The van der Waals surface area contributed by atoms with Crippen LogP contribution in [0.5, 0.6) is 11.5 Å². The summed E-state index contributed by atoms with van der Waals surface area (Å²) in [6.07, 6.45) is 1.87. The second kappa shape index (κ2) is 12.4. The third kappa shape index (κ3) is 5.18. The van der Waals surface area contributed by atoms with Gasteiger partial charge in [0.05, 0.1) is 42.2 Å². The summed E-state index contributed by atoms with van der Waals surface area (Å²) >= 11 is 2.85. The fourth-order valence-electron chi connectivity index (χ4n) is 6.24. The van der Waals surface area contributed by atoms with Crippen molar-refractivity contribution in [3.63, 3.8) is 0 Å². The quantitative estimate of drug-likeness (QED) is 0.200. The van der Waals surface area contributed by atoms with E-state index in [0.29, 0.717) is 37.7 Å². The van der Waals surface area contributed by atoms with Gasteiger partial charge in [0.15, 0.2) is 4.80 Å². The van der Waals surface area contributed by atoms with Gasteiger partial charge < -0.3 is 18.8 Å². The molecule has 1 atom stereocenters. The first-order valence-electron chi connectivity index (χ1n) is 15.1. The molecule has 0 saturated carbocycles. The van der Waals surface area contributed by atoms with Crippen LogP contribution in [-0.2, 0) is 9.53 Å². The van der Waals surface area contributed by atoms with E-state index >= 15 is 0 Å². The molecule has 5 aromatic rings. The Kier molecular flexibility index (Phi) is 8.42. The summed E-state index contributed by atoms with van der Waals surface area (Å²) < 4.78 is 21.1. The summed E-state index contributed by atoms with van der Waals surface area (Å²) in [6, 6.07) is 13.0. The highest BCUT2D eigenvalue weighted by atomic mass is 32.1. The van der Waals surface area contributed by atoms with Crippen LogP contribution >= 0.6 is 22.7 Å². The number of thiophene rings is 1. The van der Waals surface area contributed by atoms with E-state index in [0.717, 1.165) is 43.2 Å². The highest BCUT2D eigenvalue weighted by Gasteiger charge is 2.36. The zero-order valence-corrected chi connectivity index (χ0v) is 29.1. The van der Waals surface area contributed by atoms with Crippen LogP contribution < -0.4 is 24.4 Å². The second-order valence-electron chi connectivity index (χ2n) is 11.3. The minimum atomic E-state index is -0.874. The van der Waals surface area contributed by atoms with Crippen molar-refractivity contribution in [2.24, 2.45) is 4.99 Å². The number of allylic oxidation sites excluding steroid dienone is 1. The number of aromatic nitrogens is 2. The Labute approximate surface area is 279 Å². The zero-order valence-electron chi connectivity index (χ0n) is 27.5. The van der Waals surface area contributed by atoms with Gasteiger partial charge in [-0.1, -0.05) is 23.5 Å². The lowest BCUT2D eigenvalue weighted by Gasteiger charge is -2.27. The van der Waals surface area contributed by atoms with Crippen LogP contribution in [-0.4, -0.2) is 35.9 Å². The molecule has 6 rings (SSSR count). The van der Waals surface area contributed by atoms with E-state index in [1.54, 1.807) is 44.0 Å². The number of fused-ring (bicyclic) bond motifs is 2. The lowest BCUT2D eigenvalue weighted by atomic mass is 9.90. The Morgan fingerprint density at radius 3 is 2.49 bits per heavy atom. The molecule has 4 heterocycles. The lowest BCUT2D eigenvalue weighted by Crippen LogP contribution is -2.40. The SMILES string of the molecule is CCOC(=O)C1=C(C)N=c2sc(=Cc3cc(C)n(-c4sc(C)c(C)c4C#N)c3C)c(=O)n2C1c1c(OC)ccc2ccc(OC)cc12. The highest BCUT2D eigenvalue weighted by molar-refractivity contribution is 7.15. The molecule has 47 heavy (non-hydrogen) atoms.